The maximum atomic E-state index is 10.7. The highest BCUT2D eigenvalue weighted by atomic mass is 32.1. The molecule has 3 nitrogen and oxygen atoms in total. The second-order valence-corrected chi connectivity index (χ2v) is 4.01. The first-order valence-electron chi connectivity index (χ1n) is 4.83. The Balaban J connectivity index is 2.20. The summed E-state index contributed by atoms with van der Waals surface area (Å²) in [4.78, 5) is 17.5. The van der Waals surface area contributed by atoms with Gasteiger partial charge in [-0.15, -0.1) is 12.6 Å². The molecule has 78 valence electrons. The first-order valence-corrected chi connectivity index (χ1v) is 5.28. The number of pyridine rings is 1. The summed E-state index contributed by atoms with van der Waals surface area (Å²) in [6.45, 7) is 1.46. The zero-order valence-corrected chi connectivity index (χ0v) is 9.15. The molecule has 2 rings (SSSR count). The number of carbonyl (C=O) groups is 1. The lowest BCUT2D eigenvalue weighted by atomic mass is 10.1. The summed E-state index contributed by atoms with van der Waals surface area (Å²) in [5, 5.41) is 0. The van der Waals surface area contributed by atoms with Gasteiger partial charge in [0.05, 0.1) is 5.69 Å². The lowest BCUT2D eigenvalue weighted by Crippen LogP contribution is -2.28. The molecular formula is C11H12N2OS. The molecule has 2 heterocycles. The van der Waals surface area contributed by atoms with Crippen molar-refractivity contribution in [3.8, 4) is 0 Å². The van der Waals surface area contributed by atoms with Crippen LogP contribution in [-0.4, -0.2) is 29.4 Å². The number of amides is 1. The third-order valence-electron chi connectivity index (χ3n) is 2.41. The Morgan fingerprint density at radius 2 is 2.33 bits per heavy atom. The number of hydrogen-bond donors (Lipinski definition) is 1. The molecule has 15 heavy (non-hydrogen) atoms. The Bertz CT molecular complexity index is 386. The van der Waals surface area contributed by atoms with Crippen molar-refractivity contribution in [2.75, 3.05) is 13.1 Å². The fourth-order valence-corrected chi connectivity index (χ4v) is 1.75. The molecule has 0 atom stereocenters. The quantitative estimate of drug-likeness (QED) is 0.607. The van der Waals surface area contributed by atoms with E-state index < -0.39 is 0 Å². The van der Waals surface area contributed by atoms with Crippen LogP contribution in [0.4, 0.5) is 0 Å². The maximum Gasteiger partial charge on any atom is 0.210 e. The van der Waals surface area contributed by atoms with Gasteiger partial charge in [-0.25, -0.2) is 0 Å². The molecule has 1 aromatic rings. The number of aromatic nitrogens is 1. The van der Waals surface area contributed by atoms with Crippen molar-refractivity contribution in [2.24, 2.45) is 0 Å². The molecule has 0 bridgehead atoms. The van der Waals surface area contributed by atoms with Crippen LogP contribution in [0.5, 0.6) is 0 Å². The minimum Gasteiger partial charge on any atom is -0.341 e. The first kappa shape index (κ1) is 10.2. The lowest BCUT2D eigenvalue weighted by molar-refractivity contribution is -0.117. The highest BCUT2D eigenvalue weighted by Crippen LogP contribution is 2.18. The van der Waals surface area contributed by atoms with E-state index in [1.54, 1.807) is 11.1 Å². The van der Waals surface area contributed by atoms with Gasteiger partial charge in [0, 0.05) is 24.2 Å². The predicted octanol–water partition coefficient (Wildman–Crippen LogP) is 1.62. The predicted molar refractivity (Wildman–Crippen MR) is 61.7 cm³/mol. The van der Waals surface area contributed by atoms with E-state index in [0.29, 0.717) is 6.54 Å². The monoisotopic (exact) mass is 220 g/mol. The van der Waals surface area contributed by atoms with Crippen molar-refractivity contribution in [3.63, 3.8) is 0 Å². The second-order valence-electron chi connectivity index (χ2n) is 3.50. The largest absolute Gasteiger partial charge is 0.341 e. The molecule has 0 radical (unpaired) electrons. The van der Waals surface area contributed by atoms with Crippen molar-refractivity contribution in [1.29, 1.82) is 0 Å². The number of thiol groups is 1. The van der Waals surface area contributed by atoms with E-state index in [9.17, 15) is 4.79 Å². The van der Waals surface area contributed by atoms with E-state index in [-0.39, 0.29) is 0 Å². The summed E-state index contributed by atoms with van der Waals surface area (Å²) in [5.41, 5.74) is 2.04. The highest BCUT2D eigenvalue weighted by Gasteiger charge is 2.12. The van der Waals surface area contributed by atoms with Crippen molar-refractivity contribution < 1.29 is 4.79 Å². The highest BCUT2D eigenvalue weighted by molar-refractivity contribution is 7.80. The summed E-state index contributed by atoms with van der Waals surface area (Å²) in [7, 11) is 0. The Morgan fingerprint density at radius 1 is 1.47 bits per heavy atom. The van der Waals surface area contributed by atoms with E-state index in [2.05, 4.69) is 23.7 Å². The van der Waals surface area contributed by atoms with Crippen molar-refractivity contribution in [3.05, 3.63) is 30.1 Å². The number of carbonyl (C=O) groups excluding carboxylic acids is 1. The van der Waals surface area contributed by atoms with Crippen LogP contribution in [0, 0.1) is 0 Å². The van der Waals surface area contributed by atoms with Crippen LogP contribution in [0.15, 0.2) is 29.3 Å². The van der Waals surface area contributed by atoms with E-state index >= 15 is 0 Å². The minimum atomic E-state index is 0.655. The van der Waals surface area contributed by atoms with Gasteiger partial charge in [0.1, 0.15) is 0 Å². The Kier molecular flexibility index (Phi) is 3.06. The van der Waals surface area contributed by atoms with Crippen LogP contribution in [-0.2, 0) is 4.79 Å². The third kappa shape index (κ3) is 2.39. The van der Waals surface area contributed by atoms with Crippen molar-refractivity contribution in [1.82, 2.24) is 9.88 Å². The van der Waals surface area contributed by atoms with Gasteiger partial charge < -0.3 is 4.90 Å². The number of hydrogen-bond acceptors (Lipinski definition) is 3. The first-order chi connectivity index (χ1) is 7.29. The minimum absolute atomic E-state index is 0.655. The molecule has 1 aliphatic rings. The molecule has 1 aromatic heterocycles. The average molecular weight is 220 g/mol. The summed E-state index contributed by atoms with van der Waals surface area (Å²) in [5.74, 6) is 0. The van der Waals surface area contributed by atoms with Gasteiger partial charge in [-0.1, -0.05) is 6.08 Å². The Hall–Kier alpha value is -1.29. The number of nitrogens with zero attached hydrogens (tertiary/aromatic N) is 2. The van der Waals surface area contributed by atoms with Crippen LogP contribution < -0.4 is 0 Å². The van der Waals surface area contributed by atoms with Crippen molar-refractivity contribution >= 4 is 24.6 Å². The van der Waals surface area contributed by atoms with E-state index in [1.165, 1.54) is 0 Å². The fourth-order valence-electron chi connectivity index (χ4n) is 1.62. The van der Waals surface area contributed by atoms with E-state index in [0.717, 1.165) is 35.5 Å². The summed E-state index contributed by atoms with van der Waals surface area (Å²) in [6.07, 6.45) is 5.65. The average Bonchev–Trinajstić information content (AvgIpc) is 2.30. The van der Waals surface area contributed by atoms with Gasteiger partial charge in [-0.2, -0.15) is 0 Å². The van der Waals surface area contributed by atoms with Crippen LogP contribution in [0.3, 0.4) is 0 Å². The molecule has 1 aliphatic heterocycles. The molecular weight excluding hydrogens is 208 g/mol. The Morgan fingerprint density at radius 3 is 3.00 bits per heavy atom. The third-order valence-corrected chi connectivity index (χ3v) is 2.67. The second kappa shape index (κ2) is 4.49. The standard InChI is InChI=1S/C11H12N2OS/c14-8-13-5-1-2-9(7-13)11-4-3-10(15)6-12-11/h2-4,6,8,15H,1,5,7H2. The SMILES string of the molecule is O=CN1CCC=C(c2ccc(S)cn2)C1. The molecule has 0 spiro atoms. The summed E-state index contributed by atoms with van der Waals surface area (Å²) in [6, 6.07) is 3.84. The fraction of sp³-hybridized carbons (Fsp3) is 0.273. The zero-order chi connectivity index (χ0) is 10.7. The van der Waals surface area contributed by atoms with Crippen molar-refractivity contribution in [2.45, 2.75) is 11.3 Å². The normalized spacial score (nSPS) is 16.1. The molecule has 0 aromatic carbocycles. The molecule has 0 saturated carbocycles. The zero-order valence-electron chi connectivity index (χ0n) is 8.26. The van der Waals surface area contributed by atoms with Gasteiger partial charge in [0.25, 0.3) is 0 Å². The van der Waals surface area contributed by atoms with Crippen LogP contribution in [0.1, 0.15) is 12.1 Å². The van der Waals surface area contributed by atoms with Crippen LogP contribution in [0.2, 0.25) is 0 Å². The molecule has 0 fully saturated rings. The smallest absolute Gasteiger partial charge is 0.210 e. The van der Waals surface area contributed by atoms with Gasteiger partial charge in [-0.3, -0.25) is 9.78 Å². The Labute approximate surface area is 94.2 Å². The lowest BCUT2D eigenvalue weighted by Gasteiger charge is -2.22. The van der Waals surface area contributed by atoms with E-state index in [1.807, 2.05) is 12.1 Å². The molecule has 0 unspecified atom stereocenters. The molecule has 0 aliphatic carbocycles. The van der Waals surface area contributed by atoms with Crippen LogP contribution >= 0.6 is 12.6 Å². The topological polar surface area (TPSA) is 33.2 Å². The molecule has 0 saturated heterocycles. The molecule has 0 N–H and O–H groups in total. The molecule has 4 heteroatoms. The summed E-state index contributed by atoms with van der Waals surface area (Å²) < 4.78 is 0. The van der Waals surface area contributed by atoms with Crippen LogP contribution in [0.25, 0.3) is 5.57 Å². The van der Waals surface area contributed by atoms with Gasteiger partial charge in [0.2, 0.25) is 6.41 Å². The maximum absolute atomic E-state index is 10.7. The molecule has 1 amide bonds. The van der Waals surface area contributed by atoms with Gasteiger partial charge in [0.15, 0.2) is 0 Å². The summed E-state index contributed by atoms with van der Waals surface area (Å²) >= 11 is 4.18. The van der Waals surface area contributed by atoms with Gasteiger partial charge in [-0.05, 0) is 24.1 Å². The number of rotatable bonds is 2. The van der Waals surface area contributed by atoms with E-state index in [4.69, 9.17) is 0 Å². The van der Waals surface area contributed by atoms with Gasteiger partial charge >= 0.3 is 0 Å².